The number of amides is 2. The predicted octanol–water partition coefficient (Wildman–Crippen LogP) is 2.47. The molecule has 13 nitrogen and oxygen atoms in total. The summed E-state index contributed by atoms with van der Waals surface area (Å²) >= 11 is 0. The Bertz CT molecular complexity index is 1280. The second-order valence-electron chi connectivity index (χ2n) is 12.3. The van der Waals surface area contributed by atoms with Crippen LogP contribution in [-0.2, 0) is 38.2 Å². The molecule has 3 N–H and O–H groups in total. The van der Waals surface area contributed by atoms with Gasteiger partial charge in [0.05, 0.1) is 11.8 Å². The van der Waals surface area contributed by atoms with E-state index in [4.69, 9.17) is 14.6 Å². The van der Waals surface area contributed by atoms with E-state index in [1.165, 1.54) is 18.7 Å². The number of benzene rings is 1. The molecule has 0 radical (unpaired) electrons. The SMILES string of the molecule is C=CC(=O)OCC(C)(C)C(=O)C(=O)N1CCCCC1C(=O)O[C@H](CCCN1CCNCC1)c1cccc(NC(=O)CCC(=O)O)c1. The molecule has 2 heterocycles. The summed E-state index contributed by atoms with van der Waals surface area (Å²) < 4.78 is 11.1. The number of carboxylic acid groups (broad SMARTS) is 1. The maximum Gasteiger partial charge on any atom is 0.330 e. The van der Waals surface area contributed by atoms with Gasteiger partial charge in [-0.1, -0.05) is 18.7 Å². The first-order valence-electron chi connectivity index (χ1n) is 15.8. The van der Waals surface area contributed by atoms with Crippen LogP contribution in [0.5, 0.6) is 0 Å². The number of piperazine rings is 1. The minimum atomic E-state index is -1.32. The Hall–Kier alpha value is -4.10. The first-order chi connectivity index (χ1) is 21.9. The largest absolute Gasteiger partial charge is 0.481 e. The monoisotopic (exact) mass is 642 g/mol. The highest BCUT2D eigenvalue weighted by atomic mass is 16.5. The van der Waals surface area contributed by atoms with Gasteiger partial charge in [-0.25, -0.2) is 9.59 Å². The number of hydrogen-bond acceptors (Lipinski definition) is 10. The zero-order valence-electron chi connectivity index (χ0n) is 26.8. The van der Waals surface area contributed by atoms with Crippen molar-refractivity contribution >= 4 is 41.2 Å². The van der Waals surface area contributed by atoms with Gasteiger partial charge < -0.3 is 35.0 Å². The van der Waals surface area contributed by atoms with Crippen LogP contribution in [0.3, 0.4) is 0 Å². The molecular formula is C33H46N4O9. The van der Waals surface area contributed by atoms with Gasteiger partial charge in [-0.15, -0.1) is 0 Å². The van der Waals surface area contributed by atoms with Crippen molar-refractivity contribution in [3.8, 4) is 0 Å². The van der Waals surface area contributed by atoms with E-state index in [0.717, 1.165) is 45.2 Å². The van der Waals surface area contributed by atoms with Gasteiger partial charge in [0.2, 0.25) is 11.7 Å². The number of carboxylic acids is 1. The van der Waals surface area contributed by atoms with E-state index in [1.54, 1.807) is 24.3 Å². The number of nitrogens with one attached hydrogen (secondary N) is 2. The molecule has 2 amide bonds. The highest BCUT2D eigenvalue weighted by Crippen LogP contribution is 2.29. The molecule has 0 aliphatic carbocycles. The van der Waals surface area contributed by atoms with Crippen molar-refractivity contribution < 1.29 is 43.3 Å². The summed E-state index contributed by atoms with van der Waals surface area (Å²) in [5.41, 5.74) is -0.237. The van der Waals surface area contributed by atoms with E-state index >= 15 is 0 Å². The van der Waals surface area contributed by atoms with Crippen LogP contribution in [-0.4, -0.2) is 102 Å². The lowest BCUT2D eigenvalue weighted by molar-refractivity contribution is -0.165. The van der Waals surface area contributed by atoms with Crippen molar-refractivity contribution in [3.63, 3.8) is 0 Å². The molecular weight excluding hydrogens is 596 g/mol. The number of esters is 2. The van der Waals surface area contributed by atoms with E-state index in [2.05, 4.69) is 22.1 Å². The molecule has 1 aromatic carbocycles. The van der Waals surface area contributed by atoms with E-state index in [1.807, 2.05) is 0 Å². The van der Waals surface area contributed by atoms with Crippen LogP contribution < -0.4 is 10.6 Å². The van der Waals surface area contributed by atoms with Gasteiger partial charge in [0.15, 0.2) is 0 Å². The summed E-state index contributed by atoms with van der Waals surface area (Å²) in [6.45, 7) is 10.7. The average Bonchev–Trinajstić information content (AvgIpc) is 3.05. The number of ether oxygens (including phenoxy) is 2. The highest BCUT2D eigenvalue weighted by Gasteiger charge is 2.42. The molecule has 2 aliphatic rings. The Kier molecular flexibility index (Phi) is 13.9. The molecule has 252 valence electrons. The number of carbonyl (C=O) groups is 6. The summed E-state index contributed by atoms with van der Waals surface area (Å²) in [7, 11) is 0. The molecule has 2 atom stereocenters. The van der Waals surface area contributed by atoms with Crippen LogP contribution in [0, 0.1) is 5.41 Å². The topological polar surface area (TPSA) is 172 Å². The molecule has 2 fully saturated rings. The molecule has 0 bridgehead atoms. The number of nitrogens with zero attached hydrogens (tertiary/aromatic N) is 2. The average molecular weight is 643 g/mol. The number of likely N-dealkylation sites (tertiary alicyclic amines) is 1. The van der Waals surface area contributed by atoms with Gasteiger partial charge in [-0.05, 0) is 70.2 Å². The maximum atomic E-state index is 13.7. The molecule has 0 saturated carbocycles. The van der Waals surface area contributed by atoms with Gasteiger partial charge in [0.25, 0.3) is 5.91 Å². The molecule has 46 heavy (non-hydrogen) atoms. The second kappa shape index (κ2) is 17.6. The number of aliphatic carboxylic acids is 1. The van der Waals surface area contributed by atoms with Gasteiger partial charge in [0.1, 0.15) is 18.8 Å². The smallest absolute Gasteiger partial charge is 0.330 e. The summed E-state index contributed by atoms with van der Waals surface area (Å²) in [6, 6.07) is 5.91. The Labute approximate surface area is 269 Å². The predicted molar refractivity (Wildman–Crippen MR) is 169 cm³/mol. The molecule has 1 aromatic rings. The van der Waals surface area contributed by atoms with Crippen LogP contribution in [0.25, 0.3) is 0 Å². The maximum absolute atomic E-state index is 13.7. The van der Waals surface area contributed by atoms with Crippen LogP contribution in [0.15, 0.2) is 36.9 Å². The van der Waals surface area contributed by atoms with E-state index in [-0.39, 0.29) is 26.0 Å². The van der Waals surface area contributed by atoms with Crippen LogP contribution in [0.1, 0.15) is 70.5 Å². The quantitative estimate of drug-likeness (QED) is 0.137. The third-order valence-electron chi connectivity index (χ3n) is 8.10. The Balaban J connectivity index is 1.76. The summed E-state index contributed by atoms with van der Waals surface area (Å²) in [4.78, 5) is 78.7. The normalized spacial score (nSPS) is 17.8. The summed E-state index contributed by atoms with van der Waals surface area (Å²) in [5, 5.41) is 14.9. The van der Waals surface area contributed by atoms with Gasteiger partial charge in [-0.2, -0.15) is 0 Å². The van der Waals surface area contributed by atoms with Gasteiger partial charge in [0, 0.05) is 50.9 Å². The fourth-order valence-electron chi connectivity index (χ4n) is 5.42. The zero-order chi connectivity index (χ0) is 33.7. The molecule has 0 spiro atoms. The first kappa shape index (κ1) is 36.4. The Morgan fingerprint density at radius 3 is 2.54 bits per heavy atom. The highest BCUT2D eigenvalue weighted by molar-refractivity contribution is 6.38. The lowest BCUT2D eigenvalue weighted by atomic mass is 9.87. The zero-order valence-corrected chi connectivity index (χ0v) is 26.8. The Morgan fingerprint density at radius 2 is 1.85 bits per heavy atom. The standard InChI is InChI=1S/C33H46N4O9/c1-4-29(41)45-22-33(2,3)30(42)31(43)37-18-6-5-11-25(37)32(44)46-26(12-8-17-36-19-15-34-16-20-36)23-9-7-10-24(21-23)35-27(38)13-14-28(39)40/h4,7,9-10,21,25-26,34H,1,5-6,8,11-20,22H2,2-3H3,(H,35,38)(H,39,40)/t25?,26-/m1/s1. The van der Waals surface area contributed by atoms with Crippen molar-refractivity contribution in [2.45, 2.75) is 70.9 Å². The van der Waals surface area contributed by atoms with Gasteiger partial charge >= 0.3 is 17.9 Å². The molecule has 0 aromatic heterocycles. The number of ketones is 1. The minimum absolute atomic E-state index is 0.180. The number of rotatable bonds is 16. The first-order valence-corrected chi connectivity index (χ1v) is 15.8. The van der Waals surface area contributed by atoms with Crippen molar-refractivity contribution in [1.29, 1.82) is 0 Å². The van der Waals surface area contributed by atoms with Crippen molar-refractivity contribution in [3.05, 3.63) is 42.5 Å². The third kappa shape index (κ3) is 11.1. The number of carbonyl (C=O) groups excluding carboxylic acids is 5. The van der Waals surface area contributed by atoms with Crippen LogP contribution >= 0.6 is 0 Å². The summed E-state index contributed by atoms with van der Waals surface area (Å²) in [6.07, 6.45) is 2.61. The van der Waals surface area contributed by atoms with Crippen molar-refractivity contribution in [1.82, 2.24) is 15.1 Å². The minimum Gasteiger partial charge on any atom is -0.481 e. The molecule has 3 rings (SSSR count). The molecule has 2 saturated heterocycles. The number of hydrogen-bond donors (Lipinski definition) is 3. The van der Waals surface area contributed by atoms with Crippen LogP contribution in [0.4, 0.5) is 5.69 Å². The Morgan fingerprint density at radius 1 is 1.11 bits per heavy atom. The van der Waals surface area contributed by atoms with Crippen molar-refractivity contribution in [2.75, 3.05) is 51.2 Å². The molecule has 1 unspecified atom stereocenters. The van der Waals surface area contributed by atoms with E-state index in [9.17, 15) is 28.8 Å². The molecule has 2 aliphatic heterocycles. The fraction of sp³-hybridized carbons (Fsp3) is 0.576. The number of Topliss-reactive ketones (excluding diaryl/α,β-unsaturated/α-hetero) is 1. The third-order valence-corrected chi connectivity index (χ3v) is 8.10. The van der Waals surface area contributed by atoms with E-state index < -0.39 is 53.1 Å². The number of anilines is 1. The van der Waals surface area contributed by atoms with Crippen LogP contribution in [0.2, 0.25) is 0 Å². The second-order valence-corrected chi connectivity index (χ2v) is 12.3. The molecule has 13 heteroatoms. The van der Waals surface area contributed by atoms with Crippen molar-refractivity contribution in [2.24, 2.45) is 5.41 Å². The fourth-order valence-corrected chi connectivity index (χ4v) is 5.42. The van der Waals surface area contributed by atoms with Gasteiger partial charge in [-0.3, -0.25) is 19.2 Å². The summed E-state index contributed by atoms with van der Waals surface area (Å²) in [5.74, 6) is -4.46. The van der Waals surface area contributed by atoms with E-state index in [0.29, 0.717) is 36.9 Å². The number of piperidine rings is 1. The lowest BCUT2D eigenvalue weighted by Crippen LogP contribution is -2.53. The lowest BCUT2D eigenvalue weighted by Gasteiger charge is -2.36.